The van der Waals surface area contributed by atoms with Gasteiger partial charge in [0.2, 0.25) is 0 Å². The van der Waals surface area contributed by atoms with Crippen molar-refractivity contribution in [2.24, 2.45) is 5.73 Å². The Kier molecular flexibility index (Phi) is 6.09. The first-order valence-electron chi connectivity index (χ1n) is 6.65. The lowest BCUT2D eigenvalue weighted by Gasteiger charge is -2.24. The predicted octanol–water partition coefficient (Wildman–Crippen LogP) is 1.88. The Morgan fingerprint density at radius 1 is 1.28 bits per heavy atom. The van der Waals surface area contributed by atoms with Crippen molar-refractivity contribution in [3.63, 3.8) is 0 Å². The molecule has 1 rings (SSSR count). The summed E-state index contributed by atoms with van der Waals surface area (Å²) in [5.74, 6) is 0. The first-order chi connectivity index (χ1) is 8.54. The Morgan fingerprint density at radius 2 is 2.00 bits per heavy atom. The predicted molar refractivity (Wildman–Crippen MR) is 77.9 cm³/mol. The molecule has 2 N–H and O–H groups in total. The summed E-state index contributed by atoms with van der Waals surface area (Å²) in [7, 11) is 4.21. The van der Waals surface area contributed by atoms with Crippen molar-refractivity contribution in [2.45, 2.75) is 26.3 Å². The summed E-state index contributed by atoms with van der Waals surface area (Å²) in [5, 5.41) is 0. The molecule has 18 heavy (non-hydrogen) atoms. The highest BCUT2D eigenvalue weighted by Crippen LogP contribution is 2.15. The summed E-state index contributed by atoms with van der Waals surface area (Å²) in [6, 6.07) is 4.14. The van der Waals surface area contributed by atoms with Crippen molar-refractivity contribution in [1.82, 2.24) is 9.88 Å². The Labute approximate surface area is 111 Å². The molecule has 102 valence electrons. The second-order valence-electron chi connectivity index (χ2n) is 4.97. The highest BCUT2D eigenvalue weighted by Gasteiger charge is 2.06. The monoisotopic (exact) mass is 250 g/mol. The van der Waals surface area contributed by atoms with Gasteiger partial charge in [-0.1, -0.05) is 0 Å². The van der Waals surface area contributed by atoms with Crippen LogP contribution in [-0.2, 0) is 0 Å². The Morgan fingerprint density at radius 3 is 2.44 bits per heavy atom. The van der Waals surface area contributed by atoms with Crippen molar-refractivity contribution in [1.29, 1.82) is 0 Å². The highest BCUT2D eigenvalue weighted by atomic mass is 15.1. The summed E-state index contributed by atoms with van der Waals surface area (Å²) in [5.41, 5.74) is 7.93. The molecule has 0 aliphatic heterocycles. The van der Waals surface area contributed by atoms with E-state index in [1.807, 2.05) is 19.2 Å². The van der Waals surface area contributed by atoms with Gasteiger partial charge in [-0.05, 0) is 53.0 Å². The molecule has 1 atom stereocenters. The van der Waals surface area contributed by atoms with Crippen molar-refractivity contribution >= 4 is 5.69 Å². The van der Waals surface area contributed by atoms with E-state index in [9.17, 15) is 0 Å². The minimum absolute atomic E-state index is 0.00266. The maximum atomic E-state index is 5.80. The molecule has 4 heteroatoms. The molecule has 0 radical (unpaired) electrons. The van der Waals surface area contributed by atoms with Gasteiger partial charge in [-0.25, -0.2) is 0 Å². The summed E-state index contributed by atoms with van der Waals surface area (Å²) in [6.07, 6.45) is 3.09. The molecule has 0 fully saturated rings. The summed E-state index contributed by atoms with van der Waals surface area (Å²) in [4.78, 5) is 8.98. The van der Waals surface area contributed by atoms with Gasteiger partial charge in [0.1, 0.15) is 0 Å². The molecule has 0 aliphatic carbocycles. The van der Waals surface area contributed by atoms with E-state index in [-0.39, 0.29) is 6.04 Å². The summed E-state index contributed by atoms with van der Waals surface area (Å²) < 4.78 is 0. The van der Waals surface area contributed by atoms with Gasteiger partial charge < -0.3 is 15.5 Å². The molecule has 1 unspecified atom stereocenters. The average molecular weight is 250 g/mol. The number of anilines is 1. The molecule has 1 heterocycles. The minimum Gasteiger partial charge on any atom is -0.371 e. The molecule has 0 aromatic carbocycles. The molecule has 0 spiro atoms. The number of hydrogen-bond donors (Lipinski definition) is 1. The number of nitrogens with two attached hydrogens (primary N) is 1. The first-order valence-corrected chi connectivity index (χ1v) is 6.65. The standard InChI is InChI=1S/C14H26N4/c1-5-18(10-6-9-17(3)4)13-7-8-14(12(2)15)16-11-13/h7-8,11-12H,5-6,9-10,15H2,1-4H3. The van der Waals surface area contributed by atoms with E-state index in [4.69, 9.17) is 5.73 Å². The number of nitrogens with zero attached hydrogens (tertiary/aromatic N) is 3. The third kappa shape index (κ3) is 4.63. The quantitative estimate of drug-likeness (QED) is 0.802. The lowest BCUT2D eigenvalue weighted by Crippen LogP contribution is -2.27. The lowest BCUT2D eigenvalue weighted by molar-refractivity contribution is 0.400. The van der Waals surface area contributed by atoms with Crippen molar-refractivity contribution in [3.8, 4) is 0 Å². The second kappa shape index (κ2) is 7.34. The molecule has 0 amide bonds. The zero-order chi connectivity index (χ0) is 13.5. The average Bonchev–Trinajstić information content (AvgIpc) is 2.34. The van der Waals surface area contributed by atoms with Gasteiger partial charge in [0.05, 0.1) is 17.6 Å². The Hall–Kier alpha value is -1.13. The molecular formula is C14H26N4. The van der Waals surface area contributed by atoms with Gasteiger partial charge in [0, 0.05) is 19.1 Å². The van der Waals surface area contributed by atoms with Crippen LogP contribution in [0.4, 0.5) is 5.69 Å². The van der Waals surface area contributed by atoms with Crippen LogP contribution in [0.1, 0.15) is 32.0 Å². The Bertz CT molecular complexity index is 332. The van der Waals surface area contributed by atoms with Crippen molar-refractivity contribution in [3.05, 3.63) is 24.0 Å². The largest absolute Gasteiger partial charge is 0.371 e. The van der Waals surface area contributed by atoms with Crippen LogP contribution in [0.2, 0.25) is 0 Å². The molecule has 0 bridgehead atoms. The van der Waals surface area contributed by atoms with Gasteiger partial charge in [-0.15, -0.1) is 0 Å². The minimum atomic E-state index is 0.00266. The number of rotatable bonds is 7. The van der Waals surface area contributed by atoms with E-state index in [2.05, 4.69) is 41.9 Å². The van der Waals surface area contributed by atoms with Gasteiger partial charge in [0.15, 0.2) is 0 Å². The highest BCUT2D eigenvalue weighted by molar-refractivity contribution is 5.44. The van der Waals surface area contributed by atoms with Crippen LogP contribution in [0.15, 0.2) is 18.3 Å². The van der Waals surface area contributed by atoms with Gasteiger partial charge in [-0.3, -0.25) is 4.98 Å². The number of pyridine rings is 1. The zero-order valence-electron chi connectivity index (χ0n) is 12.1. The van der Waals surface area contributed by atoms with E-state index in [0.717, 1.165) is 31.7 Å². The van der Waals surface area contributed by atoms with Gasteiger partial charge in [0.25, 0.3) is 0 Å². The zero-order valence-corrected chi connectivity index (χ0v) is 12.1. The SMILES string of the molecule is CCN(CCCN(C)C)c1ccc(C(C)N)nc1. The van der Waals surface area contributed by atoms with Crippen LogP contribution in [0, 0.1) is 0 Å². The second-order valence-corrected chi connectivity index (χ2v) is 4.97. The van der Waals surface area contributed by atoms with E-state index in [0.29, 0.717) is 0 Å². The summed E-state index contributed by atoms with van der Waals surface area (Å²) >= 11 is 0. The van der Waals surface area contributed by atoms with Crippen LogP contribution in [0.5, 0.6) is 0 Å². The molecule has 1 aromatic rings. The van der Waals surface area contributed by atoms with E-state index in [1.54, 1.807) is 0 Å². The molecule has 0 aliphatic rings. The van der Waals surface area contributed by atoms with Crippen LogP contribution >= 0.6 is 0 Å². The van der Waals surface area contributed by atoms with Crippen molar-refractivity contribution < 1.29 is 0 Å². The summed E-state index contributed by atoms with van der Waals surface area (Å²) in [6.45, 7) is 7.31. The normalized spacial score (nSPS) is 12.8. The van der Waals surface area contributed by atoms with Crippen LogP contribution in [0.3, 0.4) is 0 Å². The van der Waals surface area contributed by atoms with Crippen molar-refractivity contribution in [2.75, 3.05) is 38.6 Å². The molecule has 0 saturated carbocycles. The van der Waals surface area contributed by atoms with E-state index < -0.39 is 0 Å². The van der Waals surface area contributed by atoms with E-state index >= 15 is 0 Å². The third-order valence-corrected chi connectivity index (χ3v) is 3.02. The number of aromatic nitrogens is 1. The fourth-order valence-corrected chi connectivity index (χ4v) is 1.90. The molecule has 0 saturated heterocycles. The topological polar surface area (TPSA) is 45.4 Å². The van der Waals surface area contributed by atoms with Crippen LogP contribution in [-0.4, -0.2) is 43.6 Å². The molecule has 1 aromatic heterocycles. The maximum Gasteiger partial charge on any atom is 0.0569 e. The Balaban J connectivity index is 2.58. The first kappa shape index (κ1) is 14.9. The molecule has 4 nitrogen and oxygen atoms in total. The fraction of sp³-hybridized carbons (Fsp3) is 0.643. The molecular weight excluding hydrogens is 224 g/mol. The van der Waals surface area contributed by atoms with Crippen LogP contribution < -0.4 is 10.6 Å². The van der Waals surface area contributed by atoms with Crippen LogP contribution in [0.25, 0.3) is 0 Å². The van der Waals surface area contributed by atoms with Gasteiger partial charge >= 0.3 is 0 Å². The fourth-order valence-electron chi connectivity index (χ4n) is 1.90. The maximum absolute atomic E-state index is 5.80. The number of hydrogen-bond acceptors (Lipinski definition) is 4. The lowest BCUT2D eigenvalue weighted by atomic mass is 10.2. The van der Waals surface area contributed by atoms with Gasteiger partial charge in [-0.2, -0.15) is 0 Å². The third-order valence-electron chi connectivity index (χ3n) is 3.02. The van der Waals surface area contributed by atoms with E-state index in [1.165, 1.54) is 5.69 Å². The smallest absolute Gasteiger partial charge is 0.0569 e.